The number of sulfone groups is 1. The van der Waals surface area contributed by atoms with E-state index in [1.54, 1.807) is 29.2 Å². The molecule has 1 fully saturated rings. The van der Waals surface area contributed by atoms with Crippen molar-refractivity contribution in [2.75, 3.05) is 18.1 Å². The van der Waals surface area contributed by atoms with Gasteiger partial charge in [0.25, 0.3) is 11.8 Å². The molecule has 2 rings (SSSR count). The van der Waals surface area contributed by atoms with E-state index in [1.165, 1.54) is 0 Å². The van der Waals surface area contributed by atoms with Crippen molar-refractivity contribution in [1.82, 2.24) is 10.2 Å². The van der Waals surface area contributed by atoms with E-state index in [2.05, 4.69) is 5.32 Å². The first-order valence-corrected chi connectivity index (χ1v) is 9.98. The number of rotatable bonds is 5. The van der Waals surface area contributed by atoms with Crippen LogP contribution in [0.1, 0.15) is 47.9 Å². The summed E-state index contributed by atoms with van der Waals surface area (Å²) in [6.07, 6.45) is 0.468. The van der Waals surface area contributed by atoms with Crippen LogP contribution < -0.4 is 5.32 Å². The molecule has 0 aromatic heterocycles. The molecule has 24 heavy (non-hydrogen) atoms. The van der Waals surface area contributed by atoms with Crippen LogP contribution in [0.3, 0.4) is 0 Å². The van der Waals surface area contributed by atoms with Crippen molar-refractivity contribution in [2.45, 2.75) is 39.3 Å². The van der Waals surface area contributed by atoms with E-state index in [1.807, 2.05) is 20.8 Å². The minimum Gasteiger partial charge on any atom is -0.350 e. The van der Waals surface area contributed by atoms with E-state index in [0.717, 1.165) is 0 Å². The molecule has 1 atom stereocenters. The van der Waals surface area contributed by atoms with Crippen molar-refractivity contribution >= 4 is 21.7 Å². The molecule has 2 amide bonds. The van der Waals surface area contributed by atoms with Gasteiger partial charge in [-0.1, -0.05) is 6.07 Å². The van der Waals surface area contributed by atoms with E-state index in [0.29, 0.717) is 24.1 Å². The quantitative estimate of drug-likeness (QED) is 0.870. The summed E-state index contributed by atoms with van der Waals surface area (Å²) in [5, 5.41) is 2.79. The molecule has 0 aliphatic carbocycles. The molecule has 1 aliphatic rings. The lowest BCUT2D eigenvalue weighted by Crippen LogP contribution is -2.41. The lowest BCUT2D eigenvalue weighted by Gasteiger charge is -2.27. The fourth-order valence-corrected chi connectivity index (χ4v) is 4.62. The van der Waals surface area contributed by atoms with Crippen molar-refractivity contribution in [3.05, 3.63) is 35.4 Å². The zero-order valence-corrected chi connectivity index (χ0v) is 15.1. The van der Waals surface area contributed by atoms with Crippen LogP contribution in [0.2, 0.25) is 0 Å². The first kappa shape index (κ1) is 18.4. The number of amides is 2. The average Bonchev–Trinajstić information content (AvgIpc) is 2.87. The van der Waals surface area contributed by atoms with Gasteiger partial charge in [0.05, 0.1) is 11.5 Å². The molecule has 0 bridgehead atoms. The molecule has 7 heteroatoms. The number of carbonyl (C=O) groups excluding carboxylic acids is 2. The van der Waals surface area contributed by atoms with Crippen molar-refractivity contribution in [2.24, 2.45) is 0 Å². The lowest BCUT2D eigenvalue weighted by atomic mass is 10.1. The van der Waals surface area contributed by atoms with Gasteiger partial charge in [-0.2, -0.15) is 0 Å². The Hall–Kier alpha value is -1.89. The third-order valence-corrected chi connectivity index (χ3v) is 5.79. The van der Waals surface area contributed by atoms with E-state index >= 15 is 0 Å². The Labute approximate surface area is 143 Å². The van der Waals surface area contributed by atoms with Gasteiger partial charge in [0.2, 0.25) is 0 Å². The highest BCUT2D eigenvalue weighted by atomic mass is 32.2. The Balaban J connectivity index is 2.20. The largest absolute Gasteiger partial charge is 0.350 e. The van der Waals surface area contributed by atoms with Crippen molar-refractivity contribution in [3.8, 4) is 0 Å². The maximum absolute atomic E-state index is 12.8. The summed E-state index contributed by atoms with van der Waals surface area (Å²) in [6, 6.07) is 6.26. The second-order valence-corrected chi connectivity index (χ2v) is 8.59. The number of nitrogens with one attached hydrogen (secondary N) is 1. The van der Waals surface area contributed by atoms with Gasteiger partial charge in [0.15, 0.2) is 9.84 Å². The molecular weight excluding hydrogens is 328 g/mol. The van der Waals surface area contributed by atoms with Gasteiger partial charge >= 0.3 is 0 Å². The number of carbonyl (C=O) groups is 2. The predicted molar refractivity (Wildman–Crippen MR) is 92.8 cm³/mol. The first-order valence-electron chi connectivity index (χ1n) is 8.16. The number of hydrogen-bond donors (Lipinski definition) is 1. The van der Waals surface area contributed by atoms with Gasteiger partial charge in [-0.25, -0.2) is 8.42 Å². The van der Waals surface area contributed by atoms with Gasteiger partial charge in [0.1, 0.15) is 0 Å². The molecule has 0 spiro atoms. The smallest absolute Gasteiger partial charge is 0.254 e. The molecule has 1 heterocycles. The third kappa shape index (κ3) is 4.35. The molecule has 1 aliphatic heterocycles. The van der Waals surface area contributed by atoms with Crippen LogP contribution in [-0.2, 0) is 9.84 Å². The predicted octanol–water partition coefficient (Wildman–Crippen LogP) is 1.47. The molecule has 0 radical (unpaired) electrons. The van der Waals surface area contributed by atoms with Crippen molar-refractivity contribution in [3.63, 3.8) is 0 Å². The molecule has 1 aromatic rings. The van der Waals surface area contributed by atoms with Crippen LogP contribution in [-0.4, -0.2) is 55.3 Å². The Kier molecular flexibility index (Phi) is 5.64. The standard InChI is InChI=1S/C17H24N2O4S/c1-4-19(15-8-9-24(22,23)11-15)17(21)14-7-5-6-13(10-14)16(20)18-12(2)3/h5-7,10,12,15H,4,8-9,11H2,1-3H3,(H,18,20). The fourth-order valence-electron chi connectivity index (χ4n) is 2.89. The van der Waals surface area contributed by atoms with E-state index < -0.39 is 9.84 Å². The van der Waals surface area contributed by atoms with E-state index in [-0.39, 0.29) is 35.4 Å². The van der Waals surface area contributed by atoms with Crippen LogP contribution in [0, 0.1) is 0 Å². The lowest BCUT2D eigenvalue weighted by molar-refractivity contribution is 0.0708. The summed E-state index contributed by atoms with van der Waals surface area (Å²) >= 11 is 0. The zero-order valence-electron chi connectivity index (χ0n) is 14.3. The molecule has 6 nitrogen and oxygen atoms in total. The van der Waals surface area contributed by atoms with Gasteiger partial charge in [-0.05, 0) is 45.4 Å². The van der Waals surface area contributed by atoms with Crippen LogP contribution in [0.5, 0.6) is 0 Å². The normalized spacial score (nSPS) is 19.2. The highest BCUT2D eigenvalue weighted by Gasteiger charge is 2.34. The average molecular weight is 352 g/mol. The van der Waals surface area contributed by atoms with Crippen molar-refractivity contribution < 1.29 is 18.0 Å². The SMILES string of the molecule is CCN(C(=O)c1cccc(C(=O)NC(C)C)c1)C1CCS(=O)(=O)C1. The Bertz CT molecular complexity index is 728. The molecule has 0 saturated carbocycles. The number of benzene rings is 1. The highest BCUT2D eigenvalue weighted by molar-refractivity contribution is 7.91. The van der Waals surface area contributed by atoms with Crippen LogP contribution in [0.4, 0.5) is 0 Å². The van der Waals surface area contributed by atoms with Gasteiger partial charge in [-0.15, -0.1) is 0 Å². The van der Waals surface area contributed by atoms with Crippen molar-refractivity contribution in [1.29, 1.82) is 0 Å². The minimum atomic E-state index is -3.06. The maximum Gasteiger partial charge on any atom is 0.254 e. The Morgan fingerprint density at radius 3 is 2.50 bits per heavy atom. The van der Waals surface area contributed by atoms with Crippen LogP contribution in [0.15, 0.2) is 24.3 Å². The summed E-state index contributed by atoms with van der Waals surface area (Å²) in [4.78, 5) is 26.5. The van der Waals surface area contributed by atoms with Gasteiger partial charge in [-0.3, -0.25) is 9.59 Å². The molecule has 132 valence electrons. The summed E-state index contributed by atoms with van der Waals surface area (Å²) in [6.45, 7) is 6.00. The molecule has 1 saturated heterocycles. The monoisotopic (exact) mass is 352 g/mol. The minimum absolute atomic E-state index is 0.00712. The molecule has 1 unspecified atom stereocenters. The summed E-state index contributed by atoms with van der Waals surface area (Å²) in [7, 11) is -3.06. The second kappa shape index (κ2) is 7.34. The second-order valence-electron chi connectivity index (χ2n) is 6.36. The van der Waals surface area contributed by atoms with Gasteiger partial charge in [0, 0.05) is 29.8 Å². The number of hydrogen-bond acceptors (Lipinski definition) is 4. The summed E-state index contributed by atoms with van der Waals surface area (Å²) in [5.74, 6) is -0.330. The zero-order chi connectivity index (χ0) is 17.9. The summed E-state index contributed by atoms with van der Waals surface area (Å²) < 4.78 is 23.4. The van der Waals surface area contributed by atoms with Crippen LogP contribution >= 0.6 is 0 Å². The van der Waals surface area contributed by atoms with Crippen LogP contribution in [0.25, 0.3) is 0 Å². The Morgan fingerprint density at radius 1 is 1.29 bits per heavy atom. The maximum atomic E-state index is 12.8. The Morgan fingerprint density at radius 2 is 1.96 bits per heavy atom. The van der Waals surface area contributed by atoms with E-state index in [4.69, 9.17) is 0 Å². The fraction of sp³-hybridized carbons (Fsp3) is 0.529. The number of nitrogens with zero attached hydrogens (tertiary/aromatic N) is 1. The third-order valence-electron chi connectivity index (χ3n) is 4.04. The topological polar surface area (TPSA) is 83.6 Å². The van der Waals surface area contributed by atoms with E-state index in [9.17, 15) is 18.0 Å². The highest BCUT2D eigenvalue weighted by Crippen LogP contribution is 2.20. The molecular formula is C17H24N2O4S. The van der Waals surface area contributed by atoms with Gasteiger partial charge < -0.3 is 10.2 Å². The molecule has 1 aromatic carbocycles. The first-order chi connectivity index (χ1) is 11.2. The molecule has 1 N–H and O–H groups in total. The summed E-state index contributed by atoms with van der Waals surface area (Å²) in [5.41, 5.74) is 0.821.